The summed E-state index contributed by atoms with van der Waals surface area (Å²) in [7, 11) is 4.32. The Kier molecular flexibility index (Phi) is 3.91. The van der Waals surface area contributed by atoms with Crippen LogP contribution in [0.5, 0.6) is 0 Å². The predicted molar refractivity (Wildman–Crippen MR) is 75.6 cm³/mol. The van der Waals surface area contributed by atoms with Gasteiger partial charge in [0.05, 0.1) is 6.04 Å². The van der Waals surface area contributed by atoms with Gasteiger partial charge in [0, 0.05) is 17.5 Å². The van der Waals surface area contributed by atoms with Crippen LogP contribution in [-0.4, -0.2) is 31.6 Å². The lowest BCUT2D eigenvalue weighted by Crippen LogP contribution is -2.39. The second-order valence-corrected chi connectivity index (χ2v) is 6.76. The highest BCUT2D eigenvalue weighted by atomic mass is 32.1. The van der Waals surface area contributed by atoms with E-state index in [1.54, 1.807) is 0 Å². The Balaban J connectivity index is 1.90. The Hall–Kier alpha value is -0.380. The van der Waals surface area contributed by atoms with Crippen LogP contribution < -0.4 is 5.32 Å². The smallest absolute Gasteiger partial charge is 0.0561 e. The van der Waals surface area contributed by atoms with Crippen molar-refractivity contribution in [3.63, 3.8) is 0 Å². The average Bonchev–Trinajstić information content (AvgIpc) is 2.81. The van der Waals surface area contributed by atoms with Crippen molar-refractivity contribution in [3.05, 3.63) is 22.4 Å². The van der Waals surface area contributed by atoms with Gasteiger partial charge in [0.2, 0.25) is 0 Å². The molecule has 2 rings (SSSR count). The monoisotopic (exact) mass is 252 g/mol. The van der Waals surface area contributed by atoms with Crippen molar-refractivity contribution in [1.29, 1.82) is 0 Å². The van der Waals surface area contributed by atoms with Gasteiger partial charge in [-0.25, -0.2) is 0 Å². The molecule has 1 aliphatic carbocycles. The van der Waals surface area contributed by atoms with E-state index in [9.17, 15) is 0 Å². The van der Waals surface area contributed by atoms with E-state index in [4.69, 9.17) is 0 Å². The first-order valence-electron chi connectivity index (χ1n) is 6.46. The maximum atomic E-state index is 3.72. The number of hydrogen-bond donors (Lipinski definition) is 1. The maximum Gasteiger partial charge on any atom is 0.0561 e. The van der Waals surface area contributed by atoms with E-state index >= 15 is 0 Å². The number of nitrogens with zero attached hydrogens (tertiary/aromatic N) is 1. The third-order valence-corrected chi connectivity index (χ3v) is 5.17. The van der Waals surface area contributed by atoms with Crippen LogP contribution in [0.15, 0.2) is 17.5 Å². The van der Waals surface area contributed by atoms with Crippen molar-refractivity contribution >= 4 is 11.3 Å². The van der Waals surface area contributed by atoms with E-state index < -0.39 is 0 Å². The third-order valence-electron chi connectivity index (χ3n) is 4.20. The van der Waals surface area contributed by atoms with E-state index in [1.807, 2.05) is 11.3 Å². The maximum absolute atomic E-state index is 3.72. The van der Waals surface area contributed by atoms with Gasteiger partial charge in [0.15, 0.2) is 0 Å². The summed E-state index contributed by atoms with van der Waals surface area (Å²) in [6.45, 7) is 5.76. The van der Waals surface area contributed by atoms with Gasteiger partial charge in [-0.15, -0.1) is 11.3 Å². The largest absolute Gasteiger partial charge is 0.312 e. The molecule has 0 amide bonds. The standard InChI is InChI=1S/C14H24N2S/c1-11(14(2)7-8-14)15-10-12(16(3)4)13-6-5-9-17-13/h5-6,9,11-12,15H,7-8,10H2,1-4H3. The van der Waals surface area contributed by atoms with Gasteiger partial charge in [-0.2, -0.15) is 0 Å². The molecule has 1 heterocycles. The summed E-state index contributed by atoms with van der Waals surface area (Å²) in [5, 5.41) is 5.88. The molecular formula is C14H24N2S. The minimum absolute atomic E-state index is 0.500. The number of hydrogen-bond acceptors (Lipinski definition) is 3. The Morgan fingerprint density at radius 1 is 1.47 bits per heavy atom. The summed E-state index contributed by atoms with van der Waals surface area (Å²) < 4.78 is 0. The van der Waals surface area contributed by atoms with Gasteiger partial charge in [0.25, 0.3) is 0 Å². The van der Waals surface area contributed by atoms with E-state index in [-0.39, 0.29) is 0 Å². The fourth-order valence-corrected chi connectivity index (χ4v) is 3.11. The quantitative estimate of drug-likeness (QED) is 0.837. The van der Waals surface area contributed by atoms with Crippen molar-refractivity contribution in [2.24, 2.45) is 5.41 Å². The molecule has 1 fully saturated rings. The zero-order chi connectivity index (χ0) is 12.5. The molecule has 17 heavy (non-hydrogen) atoms. The number of rotatable bonds is 6. The zero-order valence-electron chi connectivity index (χ0n) is 11.4. The van der Waals surface area contributed by atoms with Crippen molar-refractivity contribution in [2.45, 2.75) is 38.8 Å². The third kappa shape index (κ3) is 3.09. The first kappa shape index (κ1) is 13.1. The van der Waals surface area contributed by atoms with Crippen LogP contribution in [0.25, 0.3) is 0 Å². The molecular weight excluding hydrogens is 228 g/mol. The molecule has 96 valence electrons. The highest BCUT2D eigenvalue weighted by molar-refractivity contribution is 7.10. The lowest BCUT2D eigenvalue weighted by Gasteiger charge is -2.28. The van der Waals surface area contributed by atoms with Crippen LogP contribution in [0.2, 0.25) is 0 Å². The summed E-state index contributed by atoms with van der Waals surface area (Å²) in [5.41, 5.74) is 0.562. The molecule has 0 saturated heterocycles. The Labute approximate surface area is 109 Å². The average molecular weight is 252 g/mol. The van der Waals surface area contributed by atoms with Gasteiger partial charge in [-0.05, 0) is 50.7 Å². The van der Waals surface area contributed by atoms with E-state index in [1.165, 1.54) is 17.7 Å². The van der Waals surface area contributed by atoms with E-state index in [0.29, 0.717) is 17.5 Å². The SMILES string of the molecule is CC(NCC(c1cccs1)N(C)C)C1(C)CC1. The van der Waals surface area contributed by atoms with Crippen LogP contribution in [-0.2, 0) is 0 Å². The molecule has 1 aromatic heterocycles. The summed E-state index contributed by atoms with van der Waals surface area (Å²) in [6.07, 6.45) is 2.76. The summed E-state index contributed by atoms with van der Waals surface area (Å²) in [5.74, 6) is 0. The summed E-state index contributed by atoms with van der Waals surface area (Å²) in [4.78, 5) is 3.76. The lowest BCUT2D eigenvalue weighted by molar-refractivity contribution is 0.267. The second kappa shape index (κ2) is 5.09. The molecule has 0 radical (unpaired) electrons. The highest BCUT2D eigenvalue weighted by Crippen LogP contribution is 2.48. The molecule has 1 saturated carbocycles. The molecule has 2 atom stereocenters. The van der Waals surface area contributed by atoms with Crippen LogP contribution >= 0.6 is 11.3 Å². The molecule has 0 aliphatic heterocycles. The molecule has 0 spiro atoms. The molecule has 3 heteroatoms. The zero-order valence-corrected chi connectivity index (χ0v) is 12.2. The van der Waals surface area contributed by atoms with Gasteiger partial charge < -0.3 is 10.2 Å². The topological polar surface area (TPSA) is 15.3 Å². The Morgan fingerprint density at radius 2 is 2.18 bits per heavy atom. The lowest BCUT2D eigenvalue weighted by atomic mass is 10.0. The van der Waals surface area contributed by atoms with Crippen molar-refractivity contribution < 1.29 is 0 Å². The van der Waals surface area contributed by atoms with Crippen molar-refractivity contribution in [2.75, 3.05) is 20.6 Å². The fraction of sp³-hybridized carbons (Fsp3) is 0.714. The molecule has 0 aromatic carbocycles. The number of likely N-dealkylation sites (N-methyl/N-ethyl adjacent to an activating group) is 1. The molecule has 1 aromatic rings. The van der Waals surface area contributed by atoms with Gasteiger partial charge in [-0.3, -0.25) is 0 Å². The molecule has 1 aliphatic rings. The second-order valence-electron chi connectivity index (χ2n) is 5.78. The Morgan fingerprint density at radius 3 is 2.65 bits per heavy atom. The van der Waals surface area contributed by atoms with E-state index in [2.05, 4.69) is 55.7 Å². The molecule has 2 unspecified atom stereocenters. The fourth-order valence-electron chi connectivity index (χ4n) is 2.18. The van der Waals surface area contributed by atoms with Crippen molar-refractivity contribution in [1.82, 2.24) is 10.2 Å². The van der Waals surface area contributed by atoms with E-state index in [0.717, 1.165) is 6.54 Å². The number of thiophene rings is 1. The van der Waals surface area contributed by atoms with Gasteiger partial charge in [-0.1, -0.05) is 13.0 Å². The van der Waals surface area contributed by atoms with Crippen LogP contribution in [0.3, 0.4) is 0 Å². The normalized spacial score (nSPS) is 21.5. The summed E-state index contributed by atoms with van der Waals surface area (Å²) >= 11 is 1.85. The highest BCUT2D eigenvalue weighted by Gasteiger charge is 2.42. The van der Waals surface area contributed by atoms with Crippen LogP contribution in [0.1, 0.15) is 37.6 Å². The molecule has 0 bridgehead atoms. The minimum atomic E-state index is 0.500. The summed E-state index contributed by atoms with van der Waals surface area (Å²) in [6, 6.07) is 5.51. The van der Waals surface area contributed by atoms with Crippen molar-refractivity contribution in [3.8, 4) is 0 Å². The predicted octanol–water partition coefficient (Wildman–Crippen LogP) is 3.13. The number of nitrogens with one attached hydrogen (secondary N) is 1. The first-order chi connectivity index (χ1) is 8.03. The van der Waals surface area contributed by atoms with Crippen LogP contribution in [0, 0.1) is 5.41 Å². The van der Waals surface area contributed by atoms with Crippen LogP contribution in [0.4, 0.5) is 0 Å². The Bertz CT molecular complexity index is 341. The minimum Gasteiger partial charge on any atom is -0.312 e. The first-order valence-corrected chi connectivity index (χ1v) is 7.34. The molecule has 2 nitrogen and oxygen atoms in total. The molecule has 1 N–H and O–H groups in total. The van der Waals surface area contributed by atoms with Gasteiger partial charge in [0.1, 0.15) is 0 Å². The van der Waals surface area contributed by atoms with Gasteiger partial charge >= 0.3 is 0 Å².